The van der Waals surface area contributed by atoms with Crippen LogP contribution < -0.4 is 10.4 Å². The molecular weight excluding hydrogens is 689 g/mol. The lowest BCUT2D eigenvalue weighted by Gasteiger charge is -2.18. The first kappa shape index (κ1) is 30.4. The monoisotopic (exact) mass is 720 g/mol. The van der Waals surface area contributed by atoms with E-state index >= 15 is 0 Å². The predicted molar refractivity (Wildman–Crippen MR) is 238 cm³/mol. The van der Waals surface area contributed by atoms with Crippen LogP contribution in [0.2, 0.25) is 0 Å². The van der Waals surface area contributed by atoms with E-state index in [9.17, 15) is 0 Å². The molecule has 0 aliphatic heterocycles. The van der Waals surface area contributed by atoms with Crippen LogP contribution in [0.25, 0.3) is 118 Å². The van der Waals surface area contributed by atoms with Gasteiger partial charge in [-0.05, 0) is 114 Å². The fraction of sp³-hybridized carbons (Fsp3) is 0.0385. The van der Waals surface area contributed by atoms with E-state index in [0.29, 0.717) is 0 Å². The van der Waals surface area contributed by atoms with Crippen LogP contribution in [-0.2, 0) is 0 Å². The summed E-state index contributed by atoms with van der Waals surface area (Å²) < 4.78 is 5.43. The summed E-state index contributed by atoms with van der Waals surface area (Å²) in [6.07, 6.45) is 7.07. The summed E-state index contributed by atoms with van der Waals surface area (Å²) in [5.74, 6) is 0. The van der Waals surface area contributed by atoms with Gasteiger partial charge in [0, 0.05) is 45.7 Å². The molecule has 252 valence electrons. The molecule has 2 heterocycles. The first-order chi connectivity index (χ1) is 26.8. The van der Waals surface area contributed by atoms with Crippen molar-refractivity contribution in [1.29, 1.82) is 0 Å². The number of rotatable bonds is 3. The normalized spacial score (nSPS) is 13.0. The maximum atomic E-state index is 2.47. The van der Waals surface area contributed by atoms with Gasteiger partial charge in [-0.2, -0.15) is 0 Å². The molecule has 0 atom stereocenters. The van der Waals surface area contributed by atoms with Gasteiger partial charge in [-0.25, -0.2) is 0 Å². The quantitative estimate of drug-likeness (QED) is 0.170. The van der Waals surface area contributed by atoms with Gasteiger partial charge in [-0.15, -0.1) is 22.7 Å². The second-order valence-corrected chi connectivity index (χ2v) is 16.8. The van der Waals surface area contributed by atoms with Crippen molar-refractivity contribution in [2.45, 2.75) is 12.8 Å². The van der Waals surface area contributed by atoms with Gasteiger partial charge in [-0.3, -0.25) is 0 Å². The molecule has 0 nitrogen and oxygen atoms in total. The maximum Gasteiger partial charge on any atom is 0.0434 e. The molecule has 12 rings (SSSR count). The minimum atomic E-state index is 1.06. The fourth-order valence-electron chi connectivity index (χ4n) is 9.20. The van der Waals surface area contributed by atoms with Crippen molar-refractivity contribution in [3.63, 3.8) is 0 Å². The van der Waals surface area contributed by atoms with E-state index in [1.165, 1.54) is 116 Å². The Bertz CT molecular complexity index is 3490. The number of hydrogen-bond acceptors (Lipinski definition) is 2. The molecule has 0 saturated heterocycles. The summed E-state index contributed by atoms with van der Waals surface area (Å²) in [7, 11) is 0. The minimum absolute atomic E-state index is 1.06. The summed E-state index contributed by atoms with van der Waals surface area (Å²) >= 11 is 3.82. The highest BCUT2D eigenvalue weighted by atomic mass is 32.1. The third kappa shape index (κ3) is 4.48. The zero-order chi connectivity index (χ0) is 35.3. The molecule has 0 spiro atoms. The van der Waals surface area contributed by atoms with Crippen molar-refractivity contribution < 1.29 is 0 Å². The Morgan fingerprint density at radius 3 is 1.72 bits per heavy atom. The Morgan fingerprint density at radius 2 is 0.907 bits per heavy atom. The van der Waals surface area contributed by atoms with Crippen molar-refractivity contribution in [3.05, 3.63) is 168 Å². The lowest BCUT2D eigenvalue weighted by atomic mass is 9.85. The van der Waals surface area contributed by atoms with Crippen LogP contribution in [0.4, 0.5) is 0 Å². The van der Waals surface area contributed by atoms with Gasteiger partial charge in [0.2, 0.25) is 0 Å². The zero-order valence-electron chi connectivity index (χ0n) is 29.4. The second kappa shape index (κ2) is 11.7. The van der Waals surface area contributed by atoms with Crippen molar-refractivity contribution in [2.75, 3.05) is 0 Å². The SMILES string of the molecule is C1=c2c(-c3ccc(-c4ccc5sc6c(ccc7c6ccc6sc8ccccc8c67)c5c4)cc3)c3ccccc3c(-c3ccc4ccccc4c3)c2=CCC1. The molecule has 0 N–H and O–H groups in total. The van der Waals surface area contributed by atoms with Crippen LogP contribution in [0.5, 0.6) is 0 Å². The molecule has 9 aromatic carbocycles. The van der Waals surface area contributed by atoms with E-state index in [2.05, 4.69) is 170 Å². The van der Waals surface area contributed by atoms with Gasteiger partial charge in [0.1, 0.15) is 0 Å². The Kier molecular flexibility index (Phi) is 6.60. The molecule has 0 radical (unpaired) electrons. The lowest BCUT2D eigenvalue weighted by Crippen LogP contribution is -2.31. The largest absolute Gasteiger partial charge is 0.135 e. The van der Waals surface area contributed by atoms with Crippen molar-refractivity contribution in [2.24, 2.45) is 0 Å². The van der Waals surface area contributed by atoms with Gasteiger partial charge in [0.05, 0.1) is 0 Å². The highest BCUT2D eigenvalue weighted by Gasteiger charge is 2.18. The number of benzene rings is 9. The molecule has 0 fully saturated rings. The Labute approximate surface area is 320 Å². The lowest BCUT2D eigenvalue weighted by molar-refractivity contribution is 1.12. The predicted octanol–water partition coefficient (Wildman–Crippen LogP) is 14.2. The third-order valence-corrected chi connectivity index (χ3v) is 14.0. The summed E-state index contributed by atoms with van der Waals surface area (Å²) in [5.41, 5.74) is 7.74. The molecule has 1 aliphatic rings. The third-order valence-electron chi connectivity index (χ3n) is 11.7. The Hall–Kier alpha value is -6.06. The molecule has 0 unspecified atom stereocenters. The Balaban J connectivity index is 0.986. The summed E-state index contributed by atoms with van der Waals surface area (Å²) in [6, 6.07) is 59.2. The first-order valence-electron chi connectivity index (χ1n) is 18.8. The maximum absolute atomic E-state index is 2.47. The molecular formula is C52H32S2. The smallest absolute Gasteiger partial charge is 0.0434 e. The van der Waals surface area contributed by atoms with Gasteiger partial charge in [0.25, 0.3) is 0 Å². The van der Waals surface area contributed by atoms with Gasteiger partial charge < -0.3 is 0 Å². The summed E-state index contributed by atoms with van der Waals surface area (Å²) in [6.45, 7) is 0. The average molecular weight is 721 g/mol. The number of thiophene rings is 2. The zero-order valence-corrected chi connectivity index (χ0v) is 31.0. The van der Waals surface area contributed by atoms with Gasteiger partial charge in [0.15, 0.2) is 0 Å². The van der Waals surface area contributed by atoms with Crippen molar-refractivity contribution in [3.8, 4) is 33.4 Å². The minimum Gasteiger partial charge on any atom is -0.135 e. The first-order valence-corrected chi connectivity index (χ1v) is 20.4. The van der Waals surface area contributed by atoms with E-state index in [0.717, 1.165) is 12.8 Å². The highest BCUT2D eigenvalue weighted by molar-refractivity contribution is 7.27. The highest BCUT2D eigenvalue weighted by Crippen LogP contribution is 2.45. The van der Waals surface area contributed by atoms with Gasteiger partial charge in [-0.1, -0.05) is 140 Å². The van der Waals surface area contributed by atoms with Crippen molar-refractivity contribution >= 4 is 107 Å². The second-order valence-electron chi connectivity index (χ2n) is 14.6. The topological polar surface area (TPSA) is 0 Å². The molecule has 1 aliphatic carbocycles. The van der Waals surface area contributed by atoms with Crippen LogP contribution in [0.3, 0.4) is 0 Å². The van der Waals surface area contributed by atoms with Crippen LogP contribution in [0, 0.1) is 0 Å². The number of hydrogen-bond donors (Lipinski definition) is 0. The van der Waals surface area contributed by atoms with E-state index in [1.807, 2.05) is 22.7 Å². The number of fused-ring (bicyclic) bond motifs is 12. The molecule has 11 aromatic rings. The van der Waals surface area contributed by atoms with Crippen LogP contribution in [0.1, 0.15) is 12.8 Å². The van der Waals surface area contributed by atoms with Crippen LogP contribution in [0.15, 0.2) is 158 Å². The van der Waals surface area contributed by atoms with Gasteiger partial charge >= 0.3 is 0 Å². The Morgan fingerprint density at radius 1 is 0.333 bits per heavy atom. The van der Waals surface area contributed by atoms with Crippen molar-refractivity contribution in [1.82, 2.24) is 0 Å². The van der Waals surface area contributed by atoms with Crippen LogP contribution in [-0.4, -0.2) is 0 Å². The van der Waals surface area contributed by atoms with E-state index in [-0.39, 0.29) is 0 Å². The molecule has 0 bridgehead atoms. The van der Waals surface area contributed by atoms with E-state index in [1.54, 1.807) is 0 Å². The van der Waals surface area contributed by atoms with Crippen LogP contribution >= 0.6 is 22.7 Å². The molecule has 54 heavy (non-hydrogen) atoms. The van der Waals surface area contributed by atoms with E-state index < -0.39 is 0 Å². The molecule has 0 saturated carbocycles. The summed E-state index contributed by atoms with van der Waals surface area (Å²) in [4.78, 5) is 0. The van der Waals surface area contributed by atoms with E-state index in [4.69, 9.17) is 0 Å². The molecule has 2 heteroatoms. The molecule has 0 amide bonds. The summed E-state index contributed by atoms with van der Waals surface area (Å²) in [5, 5.41) is 16.0. The fourth-order valence-corrected chi connectivity index (χ4v) is 11.5. The average Bonchev–Trinajstić information content (AvgIpc) is 3.81. The standard InChI is InChI=1S/C52H32S2/c1-2-10-34-29-36(22-19-31(34)9-1)50-39-13-5-3-11-37(39)49(38-12-4-6-14-40(38)50)33-20-17-32(18-21-33)35-23-27-47-45(30-35)43-25-24-41-42(52(43)54-47)26-28-48-51(41)44-15-7-8-16-46(44)53-48/h1-3,5,7-30H,4,6H2. The molecule has 2 aromatic heterocycles.